The maximum absolute atomic E-state index is 11.0. The van der Waals surface area contributed by atoms with Crippen molar-refractivity contribution in [2.45, 2.75) is 32.7 Å². The Bertz CT molecular complexity index is 272. The highest BCUT2D eigenvalue weighted by molar-refractivity contribution is 8.13. The van der Waals surface area contributed by atoms with E-state index in [9.17, 15) is 9.59 Å². The van der Waals surface area contributed by atoms with Crippen molar-refractivity contribution in [3.63, 3.8) is 0 Å². The van der Waals surface area contributed by atoms with Crippen molar-refractivity contribution in [1.29, 1.82) is 0 Å². The first kappa shape index (κ1) is 16.4. The maximum Gasteiger partial charge on any atom is 0.320 e. The molecule has 5 nitrogen and oxygen atoms in total. The number of hydrogen-bond donors (Lipinski definition) is 1. The number of nitrogens with zero attached hydrogens (tertiary/aromatic N) is 1. The molecule has 2 unspecified atom stereocenters. The number of rotatable bonds is 5. The Labute approximate surface area is 106 Å². The quantitative estimate of drug-likeness (QED) is 0.785. The Morgan fingerprint density at radius 2 is 2.18 bits per heavy atom. The molecule has 1 heterocycles. The topological polar surface area (TPSA) is 89.1 Å². The second-order valence-corrected chi connectivity index (χ2v) is 5.60. The highest BCUT2D eigenvalue weighted by atomic mass is 32.2. The van der Waals surface area contributed by atoms with Crippen LogP contribution in [0.3, 0.4) is 0 Å². The van der Waals surface area contributed by atoms with E-state index in [4.69, 9.17) is 5.11 Å². The van der Waals surface area contributed by atoms with E-state index in [-0.39, 0.29) is 16.6 Å². The highest BCUT2D eigenvalue weighted by Crippen LogP contribution is 2.20. The van der Waals surface area contributed by atoms with Crippen LogP contribution in [0.25, 0.3) is 0 Å². The fraction of sp³-hybridized carbons (Fsp3) is 0.818. The van der Waals surface area contributed by atoms with Gasteiger partial charge in [-0.05, 0) is 25.3 Å². The van der Waals surface area contributed by atoms with Crippen LogP contribution < -0.4 is 0 Å². The molecule has 100 valence electrons. The average molecular weight is 263 g/mol. The lowest BCUT2D eigenvalue weighted by molar-refractivity contribution is -0.142. The molecule has 1 aliphatic heterocycles. The van der Waals surface area contributed by atoms with Gasteiger partial charge in [0.05, 0.1) is 0 Å². The molecule has 1 rings (SSSR count). The minimum Gasteiger partial charge on any atom is -0.480 e. The minimum atomic E-state index is -0.719. The van der Waals surface area contributed by atoms with Crippen LogP contribution in [0.1, 0.15) is 26.7 Å². The molecule has 1 fully saturated rings. The molecule has 0 aliphatic carbocycles. The molecule has 1 aliphatic rings. The van der Waals surface area contributed by atoms with Gasteiger partial charge in [0.1, 0.15) is 6.04 Å². The SMILES string of the molecule is CC(=O)SCC(C)CN1CCCC1C(=O)O.O. The second kappa shape index (κ2) is 7.68. The highest BCUT2D eigenvalue weighted by Gasteiger charge is 2.30. The first-order valence-electron chi connectivity index (χ1n) is 5.61. The van der Waals surface area contributed by atoms with Crippen molar-refractivity contribution < 1.29 is 20.2 Å². The predicted molar refractivity (Wildman–Crippen MR) is 68.1 cm³/mol. The van der Waals surface area contributed by atoms with Gasteiger partial charge in [-0.1, -0.05) is 18.7 Å². The zero-order valence-electron chi connectivity index (χ0n) is 10.3. The number of aliphatic carboxylic acids is 1. The van der Waals surface area contributed by atoms with Crippen molar-refractivity contribution in [2.24, 2.45) is 5.92 Å². The molecule has 0 spiro atoms. The molecule has 1 saturated heterocycles. The summed E-state index contributed by atoms with van der Waals surface area (Å²) >= 11 is 1.32. The summed E-state index contributed by atoms with van der Waals surface area (Å²) < 4.78 is 0. The zero-order valence-corrected chi connectivity index (χ0v) is 11.1. The normalized spacial score (nSPS) is 21.9. The summed E-state index contributed by atoms with van der Waals surface area (Å²) in [7, 11) is 0. The Kier molecular flexibility index (Phi) is 7.41. The minimum absolute atomic E-state index is 0. The molecule has 0 amide bonds. The van der Waals surface area contributed by atoms with Crippen LogP contribution in [0.15, 0.2) is 0 Å². The number of carbonyl (C=O) groups is 2. The smallest absolute Gasteiger partial charge is 0.320 e. The molecule has 17 heavy (non-hydrogen) atoms. The number of thioether (sulfide) groups is 1. The van der Waals surface area contributed by atoms with E-state index in [1.807, 2.05) is 4.90 Å². The average Bonchev–Trinajstić information content (AvgIpc) is 2.62. The number of carboxylic acid groups (broad SMARTS) is 1. The molecule has 2 atom stereocenters. The lowest BCUT2D eigenvalue weighted by atomic mass is 10.2. The molecular formula is C11H21NO4S. The van der Waals surface area contributed by atoms with E-state index in [0.717, 1.165) is 31.7 Å². The fourth-order valence-corrected chi connectivity index (χ4v) is 2.66. The number of hydrogen-bond acceptors (Lipinski definition) is 4. The molecule has 0 aromatic heterocycles. The van der Waals surface area contributed by atoms with E-state index < -0.39 is 5.97 Å². The summed E-state index contributed by atoms with van der Waals surface area (Å²) in [5.74, 6) is 0.413. The molecule has 0 radical (unpaired) electrons. The third-order valence-corrected chi connectivity index (χ3v) is 3.91. The summed E-state index contributed by atoms with van der Waals surface area (Å²) in [6.07, 6.45) is 1.71. The number of carbonyl (C=O) groups excluding carboxylic acids is 1. The number of likely N-dealkylation sites (tertiary alicyclic amines) is 1. The summed E-state index contributed by atoms with van der Waals surface area (Å²) in [6, 6.07) is -0.315. The Hall–Kier alpha value is -0.590. The summed E-state index contributed by atoms with van der Waals surface area (Å²) in [5.41, 5.74) is 0. The Morgan fingerprint density at radius 1 is 1.53 bits per heavy atom. The van der Waals surface area contributed by atoms with Crippen molar-refractivity contribution in [2.75, 3.05) is 18.8 Å². The van der Waals surface area contributed by atoms with Crippen LogP contribution in [0.5, 0.6) is 0 Å². The Balaban J connectivity index is 0.00000256. The van der Waals surface area contributed by atoms with Crippen LogP contribution in [0.4, 0.5) is 0 Å². The van der Waals surface area contributed by atoms with Gasteiger partial charge < -0.3 is 10.6 Å². The van der Waals surface area contributed by atoms with E-state index in [1.54, 1.807) is 6.92 Å². The van der Waals surface area contributed by atoms with Gasteiger partial charge in [-0.25, -0.2) is 0 Å². The second-order valence-electron chi connectivity index (χ2n) is 4.40. The summed E-state index contributed by atoms with van der Waals surface area (Å²) in [4.78, 5) is 23.8. The van der Waals surface area contributed by atoms with Crippen molar-refractivity contribution >= 4 is 22.8 Å². The van der Waals surface area contributed by atoms with Crippen LogP contribution in [0.2, 0.25) is 0 Å². The van der Waals surface area contributed by atoms with Crippen molar-refractivity contribution in [1.82, 2.24) is 4.90 Å². The number of carboxylic acids is 1. The third-order valence-electron chi connectivity index (χ3n) is 2.77. The molecule has 0 bridgehead atoms. The maximum atomic E-state index is 11.0. The fourth-order valence-electron chi connectivity index (χ4n) is 2.04. The molecule has 6 heteroatoms. The van der Waals surface area contributed by atoms with Gasteiger partial charge in [0.15, 0.2) is 5.12 Å². The van der Waals surface area contributed by atoms with Gasteiger partial charge in [-0.3, -0.25) is 14.5 Å². The monoisotopic (exact) mass is 263 g/mol. The van der Waals surface area contributed by atoms with E-state index in [0.29, 0.717) is 5.92 Å². The predicted octanol–water partition coefficient (Wildman–Crippen LogP) is 0.627. The first-order valence-corrected chi connectivity index (χ1v) is 6.59. The third kappa shape index (κ3) is 5.52. The van der Waals surface area contributed by atoms with Gasteiger partial charge in [-0.2, -0.15) is 0 Å². The van der Waals surface area contributed by atoms with Gasteiger partial charge in [0.2, 0.25) is 0 Å². The zero-order chi connectivity index (χ0) is 12.1. The molecule has 0 aromatic rings. The van der Waals surface area contributed by atoms with E-state index >= 15 is 0 Å². The molecule has 3 N–H and O–H groups in total. The van der Waals surface area contributed by atoms with Gasteiger partial charge in [0.25, 0.3) is 0 Å². The van der Waals surface area contributed by atoms with Crippen LogP contribution in [-0.4, -0.2) is 51.5 Å². The van der Waals surface area contributed by atoms with Gasteiger partial charge >= 0.3 is 5.97 Å². The molecule has 0 aromatic carbocycles. The molecular weight excluding hydrogens is 242 g/mol. The standard InChI is InChI=1S/C11H19NO3S.H2O/c1-8(7-16-9(2)13)6-12-5-3-4-10(12)11(14)15;/h8,10H,3-7H2,1-2H3,(H,14,15);1H2. The van der Waals surface area contributed by atoms with Crippen molar-refractivity contribution in [3.05, 3.63) is 0 Å². The van der Waals surface area contributed by atoms with E-state index in [2.05, 4.69) is 6.92 Å². The summed E-state index contributed by atoms with van der Waals surface area (Å²) in [5, 5.41) is 9.14. The molecule has 0 saturated carbocycles. The lowest BCUT2D eigenvalue weighted by Gasteiger charge is -2.24. The van der Waals surface area contributed by atoms with Crippen LogP contribution >= 0.6 is 11.8 Å². The Morgan fingerprint density at radius 3 is 2.71 bits per heavy atom. The van der Waals surface area contributed by atoms with E-state index in [1.165, 1.54) is 11.8 Å². The summed E-state index contributed by atoms with van der Waals surface area (Å²) in [6.45, 7) is 5.27. The van der Waals surface area contributed by atoms with Gasteiger partial charge in [-0.15, -0.1) is 0 Å². The van der Waals surface area contributed by atoms with Gasteiger partial charge in [0, 0.05) is 19.2 Å². The van der Waals surface area contributed by atoms with Crippen molar-refractivity contribution in [3.8, 4) is 0 Å². The first-order chi connectivity index (χ1) is 7.50. The largest absolute Gasteiger partial charge is 0.480 e. The van der Waals surface area contributed by atoms with Crippen LogP contribution in [0, 0.1) is 5.92 Å². The lowest BCUT2D eigenvalue weighted by Crippen LogP contribution is -2.39. The van der Waals surface area contributed by atoms with Crippen LogP contribution in [-0.2, 0) is 9.59 Å².